The van der Waals surface area contributed by atoms with Crippen molar-refractivity contribution in [1.29, 1.82) is 5.26 Å². The molecule has 0 saturated carbocycles. The number of hydrogen-bond donors (Lipinski definition) is 1. The second-order valence-electron chi connectivity index (χ2n) is 6.23. The van der Waals surface area contributed by atoms with Crippen molar-refractivity contribution < 1.29 is 0 Å². The molecule has 0 bridgehead atoms. The molecule has 5 nitrogen and oxygen atoms in total. The van der Waals surface area contributed by atoms with Crippen molar-refractivity contribution in [1.82, 2.24) is 14.8 Å². The van der Waals surface area contributed by atoms with Crippen molar-refractivity contribution in [2.24, 2.45) is 10.9 Å². The summed E-state index contributed by atoms with van der Waals surface area (Å²) in [5.41, 5.74) is 2.92. The molecule has 1 aromatic heterocycles. The molecule has 7 heteroatoms. The van der Waals surface area contributed by atoms with E-state index in [9.17, 15) is 5.26 Å². The van der Waals surface area contributed by atoms with Crippen molar-refractivity contribution in [3.05, 3.63) is 41.0 Å². The molecule has 3 atom stereocenters. The number of nitrogens with zero attached hydrogens (tertiary/aromatic N) is 5. The lowest BCUT2D eigenvalue weighted by atomic mass is 10.0. The first-order chi connectivity index (χ1) is 12.4. The van der Waals surface area contributed by atoms with Gasteiger partial charge in [0.05, 0.1) is 4.75 Å². The normalized spacial score (nSPS) is 27.9. The zero-order valence-corrected chi connectivity index (χ0v) is 17.6. The number of aliphatic imine (C=N–C) groups is 1. The minimum Gasteiger partial charge on any atom is -0.264 e. The molecule has 0 N–H and O–H groups in total. The monoisotopic (exact) mass is 387 g/mol. The Morgan fingerprint density at radius 3 is 2.81 bits per heavy atom. The molecule has 0 fully saturated rings. The van der Waals surface area contributed by atoms with Gasteiger partial charge in [0.15, 0.2) is 5.70 Å². The van der Waals surface area contributed by atoms with Crippen LogP contribution < -0.4 is 0 Å². The Labute approximate surface area is 165 Å². The highest BCUT2D eigenvalue weighted by Gasteiger charge is 2.33. The molecule has 0 saturated heterocycles. The smallest absolute Gasteiger partial charge is 0.153 e. The van der Waals surface area contributed by atoms with Crippen LogP contribution in [0.4, 0.5) is 0 Å². The number of thioether (sulfide) groups is 1. The minimum absolute atomic E-state index is 0.302. The maximum Gasteiger partial charge on any atom is 0.153 e. The molecule has 26 heavy (non-hydrogen) atoms. The third kappa shape index (κ3) is 4.49. The maximum atomic E-state index is 9.45. The van der Waals surface area contributed by atoms with Crippen molar-refractivity contribution in [2.75, 3.05) is 0 Å². The van der Waals surface area contributed by atoms with Crippen LogP contribution in [0.25, 0.3) is 5.70 Å². The predicted octanol–water partition coefficient (Wildman–Crippen LogP) is 4.74. The molecule has 138 valence electrons. The van der Waals surface area contributed by atoms with E-state index in [1.54, 1.807) is 18.1 Å². The third-order valence-corrected chi connectivity index (χ3v) is 5.96. The van der Waals surface area contributed by atoms with Crippen LogP contribution in [-0.2, 0) is 0 Å². The van der Waals surface area contributed by atoms with Crippen LogP contribution in [0.3, 0.4) is 0 Å². The topological polar surface area (TPSA) is 66.9 Å². The van der Waals surface area contributed by atoms with E-state index in [0.29, 0.717) is 16.9 Å². The van der Waals surface area contributed by atoms with Gasteiger partial charge in [-0.05, 0) is 25.3 Å². The summed E-state index contributed by atoms with van der Waals surface area (Å²) in [7, 11) is 0. The highest BCUT2D eigenvalue weighted by atomic mass is 32.2. The summed E-state index contributed by atoms with van der Waals surface area (Å²) in [6.07, 6.45) is 10.0. The van der Waals surface area contributed by atoms with Gasteiger partial charge in [0, 0.05) is 28.5 Å². The van der Waals surface area contributed by atoms with E-state index in [-0.39, 0.29) is 4.75 Å². The van der Waals surface area contributed by atoms with E-state index < -0.39 is 0 Å². The minimum atomic E-state index is -0.302. The fourth-order valence-electron chi connectivity index (χ4n) is 2.88. The molecule has 1 aromatic rings. The van der Waals surface area contributed by atoms with Crippen molar-refractivity contribution in [3.8, 4) is 6.07 Å². The van der Waals surface area contributed by atoms with Crippen LogP contribution >= 0.6 is 24.4 Å². The third-order valence-electron chi connectivity index (χ3n) is 4.27. The number of hydrogen-bond acceptors (Lipinski definition) is 6. The zero-order chi connectivity index (χ0) is 19.3. The van der Waals surface area contributed by atoms with Crippen LogP contribution in [0.5, 0.6) is 0 Å². The van der Waals surface area contributed by atoms with Crippen molar-refractivity contribution in [2.45, 2.75) is 51.0 Å². The molecule has 0 aromatic carbocycles. The van der Waals surface area contributed by atoms with E-state index >= 15 is 0 Å². The Kier molecular flexibility index (Phi) is 6.90. The largest absolute Gasteiger partial charge is 0.264 e. The van der Waals surface area contributed by atoms with Crippen LogP contribution in [-0.4, -0.2) is 31.0 Å². The maximum absolute atomic E-state index is 9.45. The molecule has 0 spiro atoms. The second-order valence-corrected chi connectivity index (χ2v) is 8.64. The number of allylic oxidation sites excluding steroid dienone is 5. The molecule has 3 unspecified atom stereocenters. The zero-order valence-electron chi connectivity index (χ0n) is 15.8. The van der Waals surface area contributed by atoms with E-state index in [4.69, 9.17) is 0 Å². The number of nitriles is 1. The summed E-state index contributed by atoms with van der Waals surface area (Å²) in [5.74, 6) is 0.367. The summed E-state index contributed by atoms with van der Waals surface area (Å²) >= 11 is 6.30. The van der Waals surface area contributed by atoms with E-state index in [1.165, 1.54) is 16.6 Å². The first-order valence-corrected chi connectivity index (χ1v) is 10.1. The van der Waals surface area contributed by atoms with Gasteiger partial charge in [-0.3, -0.25) is 4.99 Å². The lowest BCUT2D eigenvalue weighted by Crippen LogP contribution is -2.15. The Morgan fingerprint density at radius 1 is 1.46 bits per heavy atom. The molecule has 2 aliphatic rings. The van der Waals surface area contributed by atoms with E-state index in [0.717, 1.165) is 17.0 Å². The van der Waals surface area contributed by atoms with Gasteiger partial charge in [-0.2, -0.15) is 23.0 Å². The highest BCUT2D eigenvalue weighted by molar-refractivity contribution is 8.03. The summed E-state index contributed by atoms with van der Waals surface area (Å²) in [5, 5.41) is 13.9. The lowest BCUT2D eigenvalue weighted by molar-refractivity contribution is 0.698. The molecular weight excluding hydrogens is 362 g/mol. The van der Waals surface area contributed by atoms with Gasteiger partial charge in [-0.15, -0.1) is 11.8 Å². The molecule has 2 heterocycles. The van der Waals surface area contributed by atoms with Gasteiger partial charge in [-0.25, -0.2) is 9.67 Å². The van der Waals surface area contributed by atoms with Gasteiger partial charge in [0.1, 0.15) is 18.7 Å². The van der Waals surface area contributed by atoms with Crippen LogP contribution in [0.2, 0.25) is 0 Å². The number of thiol groups is 1. The Morgan fingerprint density at radius 2 is 2.19 bits per heavy atom. The van der Waals surface area contributed by atoms with Crippen LogP contribution in [0.15, 0.2) is 46.0 Å². The molecule has 3 rings (SSSR count). The molecular formula is C19H25N5S2. The van der Waals surface area contributed by atoms with Gasteiger partial charge in [0.25, 0.3) is 0 Å². The first-order valence-electron chi connectivity index (χ1n) is 8.74. The Balaban J connectivity index is 0.00000117. The van der Waals surface area contributed by atoms with Gasteiger partial charge in [0.2, 0.25) is 0 Å². The van der Waals surface area contributed by atoms with Gasteiger partial charge < -0.3 is 0 Å². The average Bonchev–Trinajstić information content (AvgIpc) is 3.20. The Bertz CT molecular complexity index is 794. The van der Waals surface area contributed by atoms with Crippen molar-refractivity contribution in [3.63, 3.8) is 0 Å². The summed E-state index contributed by atoms with van der Waals surface area (Å²) < 4.78 is 1.22. The SMILES string of the molecule is C/C(SC1CC2=C(C=CC(C)(S)C=N2)C1C)=C(\C#N)n1cncn1.CC. The number of aromatic nitrogens is 3. The summed E-state index contributed by atoms with van der Waals surface area (Å²) in [4.78, 5) is 9.52. The fraction of sp³-hybridized carbons (Fsp3) is 0.474. The fourth-order valence-corrected chi connectivity index (χ4v) is 4.30. The van der Waals surface area contributed by atoms with Crippen LogP contribution in [0, 0.1) is 17.2 Å². The predicted molar refractivity (Wildman–Crippen MR) is 113 cm³/mol. The standard InChI is InChI=1S/C17H19N5S2.C2H6/c1-11-13-4-5-17(3,23)8-20-14(13)6-16(11)24-12(2)15(7-18)22-10-19-9-21-22;1-2/h4-5,8-11,16,23H,6H2,1-3H3;1-2H3/b15-12-;. The second kappa shape index (κ2) is 8.74. The Hall–Kier alpha value is -1.78. The summed E-state index contributed by atoms with van der Waals surface area (Å²) in [6.45, 7) is 10.2. The summed E-state index contributed by atoms with van der Waals surface area (Å²) in [6, 6.07) is 2.23. The average molecular weight is 388 g/mol. The van der Waals surface area contributed by atoms with E-state index in [1.807, 2.05) is 33.9 Å². The molecule has 0 amide bonds. The van der Waals surface area contributed by atoms with Crippen molar-refractivity contribution >= 4 is 36.3 Å². The van der Waals surface area contributed by atoms with Gasteiger partial charge in [-0.1, -0.05) is 32.9 Å². The molecule has 0 radical (unpaired) electrons. The van der Waals surface area contributed by atoms with Gasteiger partial charge >= 0.3 is 0 Å². The first kappa shape index (κ1) is 20.5. The highest BCUT2D eigenvalue weighted by Crippen LogP contribution is 2.44. The molecule has 1 aliphatic carbocycles. The lowest BCUT2D eigenvalue weighted by Gasteiger charge is -2.18. The number of rotatable bonds is 3. The quantitative estimate of drug-likeness (QED) is 0.601. The van der Waals surface area contributed by atoms with E-state index in [2.05, 4.69) is 52.8 Å². The molecule has 1 aliphatic heterocycles. The van der Waals surface area contributed by atoms with Crippen LogP contribution in [0.1, 0.15) is 41.0 Å².